The first-order valence-electron chi connectivity index (χ1n) is 10.2. The monoisotopic (exact) mass is 472 g/mol. The Bertz CT molecular complexity index is 774. The minimum Gasteiger partial charge on any atom is -0.480 e. The van der Waals surface area contributed by atoms with E-state index in [1.54, 1.807) is 6.92 Å². The van der Waals surface area contributed by atoms with Crippen molar-refractivity contribution in [3.63, 3.8) is 0 Å². The third-order valence-electron chi connectivity index (χ3n) is 4.98. The second kappa shape index (κ2) is 13.0. The zero-order chi connectivity index (χ0) is 24.4. The van der Waals surface area contributed by atoms with Gasteiger partial charge in [0.15, 0.2) is 0 Å². The fourth-order valence-electron chi connectivity index (χ4n) is 2.78. The molecule has 1 aromatic rings. The number of imidazole rings is 1. The van der Waals surface area contributed by atoms with Gasteiger partial charge in [-0.25, -0.2) is 9.78 Å². The summed E-state index contributed by atoms with van der Waals surface area (Å²) in [7, 11) is 0. The van der Waals surface area contributed by atoms with Gasteiger partial charge < -0.3 is 36.9 Å². The maximum Gasteiger partial charge on any atom is 0.327 e. The molecule has 0 aromatic carbocycles. The molecule has 0 aliphatic rings. The Labute approximate surface area is 191 Å². The molecule has 0 radical (unpaired) electrons. The number of carboxylic acid groups (broad SMARTS) is 1. The highest BCUT2D eigenvalue weighted by molar-refractivity contribution is 7.80. The number of carboxylic acids is 1. The van der Waals surface area contributed by atoms with E-state index in [1.807, 2.05) is 6.92 Å². The van der Waals surface area contributed by atoms with E-state index >= 15 is 0 Å². The number of amides is 3. The number of carbonyl (C=O) groups is 4. The number of nitrogens with one attached hydrogen (secondary N) is 4. The van der Waals surface area contributed by atoms with Gasteiger partial charge in [-0.3, -0.25) is 14.4 Å². The van der Waals surface area contributed by atoms with Gasteiger partial charge in [-0.2, -0.15) is 12.6 Å². The summed E-state index contributed by atoms with van der Waals surface area (Å²) in [5, 5.41) is 26.3. The van der Waals surface area contributed by atoms with E-state index in [2.05, 4.69) is 38.5 Å². The number of aliphatic carboxylic acids is 1. The molecule has 0 aliphatic carbocycles. The van der Waals surface area contributed by atoms with Gasteiger partial charge in [-0.05, 0) is 12.8 Å². The molecule has 0 saturated heterocycles. The molecule has 8 N–H and O–H groups in total. The van der Waals surface area contributed by atoms with Crippen LogP contribution in [0.4, 0.5) is 0 Å². The van der Waals surface area contributed by atoms with Gasteiger partial charge in [-0.15, -0.1) is 0 Å². The second-order valence-electron chi connectivity index (χ2n) is 7.57. The van der Waals surface area contributed by atoms with Crippen LogP contribution in [0, 0.1) is 5.92 Å². The summed E-state index contributed by atoms with van der Waals surface area (Å²) in [6.45, 7) is 4.84. The Morgan fingerprint density at radius 1 is 1.12 bits per heavy atom. The molecule has 3 amide bonds. The first-order valence-corrected chi connectivity index (χ1v) is 10.8. The Kier molecular flexibility index (Phi) is 11.2. The maximum atomic E-state index is 12.9. The van der Waals surface area contributed by atoms with Crippen LogP contribution in [-0.2, 0) is 25.6 Å². The average molecular weight is 473 g/mol. The minimum atomic E-state index is -1.44. The molecule has 1 heterocycles. The first-order chi connectivity index (χ1) is 15.0. The number of aromatic nitrogens is 2. The van der Waals surface area contributed by atoms with Crippen molar-refractivity contribution in [3.05, 3.63) is 18.2 Å². The highest BCUT2D eigenvalue weighted by Crippen LogP contribution is 2.10. The molecule has 6 unspecified atom stereocenters. The minimum absolute atomic E-state index is 0.179. The van der Waals surface area contributed by atoms with Crippen molar-refractivity contribution in [1.29, 1.82) is 0 Å². The summed E-state index contributed by atoms with van der Waals surface area (Å²) < 4.78 is 0. The van der Waals surface area contributed by atoms with E-state index in [1.165, 1.54) is 19.4 Å². The third kappa shape index (κ3) is 8.13. The lowest BCUT2D eigenvalue weighted by atomic mass is 9.97. The molecule has 12 nitrogen and oxygen atoms in total. The number of nitrogens with two attached hydrogens (primary N) is 1. The molecule has 0 fully saturated rings. The molecule has 32 heavy (non-hydrogen) atoms. The van der Waals surface area contributed by atoms with E-state index in [4.69, 9.17) is 10.8 Å². The predicted octanol–water partition coefficient (Wildman–Crippen LogP) is -1.82. The summed E-state index contributed by atoms with van der Waals surface area (Å²) in [6.07, 6.45) is 2.37. The van der Waals surface area contributed by atoms with Gasteiger partial charge in [-0.1, -0.05) is 20.3 Å². The summed E-state index contributed by atoms with van der Waals surface area (Å²) in [4.78, 5) is 55.8. The zero-order valence-electron chi connectivity index (χ0n) is 18.2. The van der Waals surface area contributed by atoms with Crippen LogP contribution in [-0.4, -0.2) is 79.9 Å². The van der Waals surface area contributed by atoms with Crippen molar-refractivity contribution in [2.45, 2.75) is 63.9 Å². The van der Waals surface area contributed by atoms with Crippen LogP contribution in [0.2, 0.25) is 0 Å². The number of aromatic amines is 1. The van der Waals surface area contributed by atoms with Crippen LogP contribution in [0.15, 0.2) is 12.5 Å². The van der Waals surface area contributed by atoms with Gasteiger partial charge in [0.1, 0.15) is 18.1 Å². The quantitative estimate of drug-likeness (QED) is 0.153. The van der Waals surface area contributed by atoms with E-state index in [9.17, 15) is 24.3 Å². The van der Waals surface area contributed by atoms with Gasteiger partial charge in [0.25, 0.3) is 0 Å². The van der Waals surface area contributed by atoms with Crippen molar-refractivity contribution >= 4 is 36.3 Å². The molecule has 0 saturated carbocycles. The van der Waals surface area contributed by atoms with Gasteiger partial charge in [0.05, 0.1) is 18.5 Å². The normalized spacial score (nSPS) is 16.7. The molecule has 0 spiro atoms. The molecular formula is C19H32N6O6S. The summed E-state index contributed by atoms with van der Waals surface area (Å²) in [5.41, 5.74) is 6.59. The van der Waals surface area contributed by atoms with Crippen molar-refractivity contribution in [2.75, 3.05) is 5.75 Å². The predicted molar refractivity (Wildman–Crippen MR) is 119 cm³/mol. The molecule has 1 rings (SSSR count). The van der Waals surface area contributed by atoms with E-state index in [0.717, 1.165) is 0 Å². The molecule has 1 aromatic heterocycles. The molecular weight excluding hydrogens is 440 g/mol. The lowest BCUT2D eigenvalue weighted by molar-refractivity contribution is -0.142. The van der Waals surface area contributed by atoms with E-state index < -0.39 is 54.0 Å². The number of nitrogens with zero attached hydrogens (tertiary/aromatic N) is 1. The SMILES string of the molecule is CCC(C)C(NC(=O)C(N)Cc1cnc[nH]1)C(=O)NC(C(=O)NC(CS)C(=O)O)C(C)O. The van der Waals surface area contributed by atoms with Gasteiger partial charge in [0, 0.05) is 24.1 Å². The van der Waals surface area contributed by atoms with Crippen LogP contribution < -0.4 is 21.7 Å². The van der Waals surface area contributed by atoms with Crippen LogP contribution in [0.5, 0.6) is 0 Å². The standard InChI is InChI=1S/C19H32N6O6S/c1-4-9(2)14(24-16(27)12(20)5-11-6-21-8-22-11)17(28)25-15(10(3)26)18(29)23-13(7-32)19(30)31/h6,8-10,12-15,26,32H,4-5,7,20H2,1-3H3,(H,21,22)(H,23,29)(H,24,27)(H,25,28)(H,30,31). The lowest BCUT2D eigenvalue weighted by Crippen LogP contribution is -2.61. The summed E-state index contributed by atoms with van der Waals surface area (Å²) in [5.74, 6) is -3.97. The zero-order valence-corrected chi connectivity index (χ0v) is 19.1. The number of thiol groups is 1. The molecule has 6 atom stereocenters. The number of H-pyrrole nitrogens is 1. The topological polar surface area (TPSA) is 200 Å². The number of carbonyl (C=O) groups excluding carboxylic acids is 3. The van der Waals surface area contributed by atoms with Gasteiger partial charge in [0.2, 0.25) is 17.7 Å². The van der Waals surface area contributed by atoms with Crippen molar-refractivity contribution in [1.82, 2.24) is 25.9 Å². The lowest BCUT2D eigenvalue weighted by Gasteiger charge is -2.28. The van der Waals surface area contributed by atoms with Crippen molar-refractivity contribution < 1.29 is 29.4 Å². The number of hydrogen-bond acceptors (Lipinski definition) is 8. The maximum absolute atomic E-state index is 12.9. The fourth-order valence-corrected chi connectivity index (χ4v) is 3.03. The molecule has 180 valence electrons. The van der Waals surface area contributed by atoms with Gasteiger partial charge >= 0.3 is 5.97 Å². The highest BCUT2D eigenvalue weighted by atomic mass is 32.1. The van der Waals surface area contributed by atoms with Crippen LogP contribution in [0.1, 0.15) is 32.9 Å². The van der Waals surface area contributed by atoms with E-state index in [0.29, 0.717) is 12.1 Å². The highest BCUT2D eigenvalue weighted by Gasteiger charge is 2.34. The van der Waals surface area contributed by atoms with Crippen LogP contribution in [0.25, 0.3) is 0 Å². The molecule has 13 heteroatoms. The molecule has 0 aliphatic heterocycles. The summed E-state index contributed by atoms with van der Waals surface area (Å²) in [6, 6.07) is -4.72. The Hall–Kier alpha value is -2.64. The smallest absolute Gasteiger partial charge is 0.327 e. The second-order valence-corrected chi connectivity index (χ2v) is 7.93. The largest absolute Gasteiger partial charge is 0.480 e. The van der Waals surface area contributed by atoms with Crippen molar-refractivity contribution in [2.24, 2.45) is 11.7 Å². The number of aliphatic hydroxyl groups is 1. The number of aliphatic hydroxyl groups excluding tert-OH is 1. The van der Waals surface area contributed by atoms with E-state index in [-0.39, 0.29) is 18.1 Å². The first kappa shape index (κ1) is 27.4. The van der Waals surface area contributed by atoms with Crippen molar-refractivity contribution in [3.8, 4) is 0 Å². The summed E-state index contributed by atoms with van der Waals surface area (Å²) >= 11 is 3.87. The number of rotatable bonds is 13. The third-order valence-corrected chi connectivity index (χ3v) is 5.35. The van der Waals surface area contributed by atoms with Crippen LogP contribution >= 0.6 is 12.6 Å². The molecule has 0 bridgehead atoms. The Morgan fingerprint density at radius 3 is 2.19 bits per heavy atom. The Balaban J connectivity index is 2.90. The average Bonchev–Trinajstić information content (AvgIpc) is 3.25. The number of hydrogen-bond donors (Lipinski definition) is 8. The Morgan fingerprint density at radius 2 is 1.72 bits per heavy atom. The van der Waals surface area contributed by atoms with Crippen LogP contribution in [0.3, 0.4) is 0 Å². The fraction of sp³-hybridized carbons (Fsp3) is 0.632.